The van der Waals surface area contributed by atoms with Crippen molar-refractivity contribution >= 4 is 45.1 Å². The summed E-state index contributed by atoms with van der Waals surface area (Å²) >= 11 is 1.31. The summed E-state index contributed by atoms with van der Waals surface area (Å²) in [4.78, 5) is 36.2. The van der Waals surface area contributed by atoms with Crippen molar-refractivity contribution in [3.8, 4) is 5.75 Å². The minimum absolute atomic E-state index is 0.208. The van der Waals surface area contributed by atoms with E-state index in [2.05, 4.69) is 4.98 Å². The standard InChI is InChI=1S/C31H27N3O4S/c1-5-38-30(36)26-18(3)33-31-34(28(26)27-20-11-7-6-10-19(20)14-15-24(27)37-4)29(35)25(39-31)16-22-17(2)32-23-13-9-8-12-21(22)23/h6-16,28,32H,5H2,1-4H3/b25-16-/t28-/m0/s1. The van der Waals surface area contributed by atoms with Crippen molar-refractivity contribution in [2.75, 3.05) is 13.7 Å². The van der Waals surface area contributed by atoms with Gasteiger partial charge < -0.3 is 14.5 Å². The Morgan fingerprint density at radius 3 is 2.59 bits per heavy atom. The summed E-state index contributed by atoms with van der Waals surface area (Å²) < 4.78 is 13.4. The molecule has 2 aromatic heterocycles. The SMILES string of the molecule is CCOC(=O)C1=C(C)N=c2s/c(=C\c3c(C)[nH]c4ccccc34)c(=O)n2[C@@H]1c1c(OC)ccc2ccccc12. The maximum atomic E-state index is 14.2. The highest BCUT2D eigenvalue weighted by atomic mass is 32.1. The number of nitrogens with one attached hydrogen (secondary N) is 1. The maximum Gasteiger partial charge on any atom is 0.338 e. The highest BCUT2D eigenvalue weighted by Gasteiger charge is 2.36. The van der Waals surface area contributed by atoms with E-state index in [0.29, 0.717) is 26.4 Å². The van der Waals surface area contributed by atoms with Gasteiger partial charge in [-0.05, 0) is 49.8 Å². The van der Waals surface area contributed by atoms with Crippen molar-refractivity contribution in [2.45, 2.75) is 26.8 Å². The number of hydrogen-bond donors (Lipinski definition) is 1. The lowest BCUT2D eigenvalue weighted by atomic mass is 9.90. The molecule has 0 aliphatic carbocycles. The second-order valence-electron chi connectivity index (χ2n) is 9.41. The highest BCUT2D eigenvalue weighted by molar-refractivity contribution is 7.07. The molecule has 0 fully saturated rings. The van der Waals surface area contributed by atoms with E-state index in [1.165, 1.54) is 11.3 Å². The van der Waals surface area contributed by atoms with Gasteiger partial charge in [-0.3, -0.25) is 9.36 Å². The molecule has 0 saturated carbocycles. The number of hydrogen-bond acceptors (Lipinski definition) is 6. The molecule has 8 heteroatoms. The molecule has 39 heavy (non-hydrogen) atoms. The molecule has 1 atom stereocenters. The van der Waals surface area contributed by atoms with Crippen LogP contribution in [0.1, 0.15) is 36.7 Å². The number of thiazole rings is 1. The van der Waals surface area contributed by atoms with E-state index in [9.17, 15) is 9.59 Å². The third kappa shape index (κ3) is 3.99. The van der Waals surface area contributed by atoms with Crippen LogP contribution in [0.2, 0.25) is 0 Å². The number of aryl methyl sites for hydroxylation is 1. The summed E-state index contributed by atoms with van der Waals surface area (Å²) in [6.45, 7) is 5.76. The molecule has 0 radical (unpaired) electrons. The quantitative estimate of drug-likeness (QED) is 0.328. The summed E-state index contributed by atoms with van der Waals surface area (Å²) in [6.07, 6.45) is 1.92. The van der Waals surface area contributed by atoms with Gasteiger partial charge in [0.2, 0.25) is 0 Å². The average Bonchev–Trinajstić information content (AvgIpc) is 3.42. The number of aromatic nitrogens is 2. The van der Waals surface area contributed by atoms with Gasteiger partial charge in [0.05, 0.1) is 29.5 Å². The minimum Gasteiger partial charge on any atom is -0.496 e. The highest BCUT2D eigenvalue weighted by Crippen LogP contribution is 2.40. The summed E-state index contributed by atoms with van der Waals surface area (Å²) in [5.74, 6) is 0.0812. The molecule has 1 aliphatic rings. The van der Waals surface area contributed by atoms with Crippen LogP contribution < -0.4 is 19.6 Å². The van der Waals surface area contributed by atoms with E-state index in [4.69, 9.17) is 14.5 Å². The first-order chi connectivity index (χ1) is 18.9. The van der Waals surface area contributed by atoms with E-state index >= 15 is 0 Å². The van der Waals surface area contributed by atoms with Crippen LogP contribution in [0, 0.1) is 6.92 Å². The number of nitrogens with zero attached hydrogens (tertiary/aromatic N) is 2. The topological polar surface area (TPSA) is 85.7 Å². The van der Waals surface area contributed by atoms with Gasteiger partial charge in [-0.25, -0.2) is 9.79 Å². The lowest BCUT2D eigenvalue weighted by molar-refractivity contribution is -0.139. The van der Waals surface area contributed by atoms with E-state index in [0.717, 1.165) is 38.5 Å². The predicted octanol–water partition coefficient (Wildman–Crippen LogP) is 4.75. The number of esters is 1. The zero-order valence-electron chi connectivity index (χ0n) is 22.1. The fourth-order valence-corrected chi connectivity index (χ4v) is 6.44. The number of benzene rings is 3. The first-order valence-electron chi connectivity index (χ1n) is 12.8. The molecule has 6 rings (SSSR count). The van der Waals surface area contributed by atoms with Gasteiger partial charge in [-0.2, -0.15) is 0 Å². The largest absolute Gasteiger partial charge is 0.496 e. The molecule has 196 valence electrons. The number of carbonyl (C=O) groups excluding carboxylic acids is 1. The van der Waals surface area contributed by atoms with Gasteiger partial charge in [-0.1, -0.05) is 59.9 Å². The summed E-state index contributed by atoms with van der Waals surface area (Å²) in [7, 11) is 1.59. The molecule has 3 heterocycles. The predicted molar refractivity (Wildman–Crippen MR) is 154 cm³/mol. The van der Waals surface area contributed by atoms with Crippen molar-refractivity contribution in [3.63, 3.8) is 0 Å². The maximum absolute atomic E-state index is 14.2. The normalized spacial score (nSPS) is 15.5. The summed E-state index contributed by atoms with van der Waals surface area (Å²) in [5.41, 5.74) is 4.28. The zero-order valence-corrected chi connectivity index (χ0v) is 22.9. The fraction of sp³-hybridized carbons (Fsp3) is 0.194. The second-order valence-corrected chi connectivity index (χ2v) is 10.4. The first-order valence-corrected chi connectivity index (χ1v) is 13.6. The molecule has 0 amide bonds. The van der Waals surface area contributed by atoms with Gasteiger partial charge in [0.1, 0.15) is 11.8 Å². The molecule has 0 spiro atoms. The third-order valence-corrected chi connectivity index (χ3v) is 8.14. The Morgan fingerprint density at radius 2 is 1.82 bits per heavy atom. The van der Waals surface area contributed by atoms with Crippen LogP contribution in [-0.4, -0.2) is 29.2 Å². The Hall–Kier alpha value is -4.43. The molecule has 1 N–H and O–H groups in total. The van der Waals surface area contributed by atoms with Crippen molar-refractivity contribution in [1.29, 1.82) is 0 Å². The smallest absolute Gasteiger partial charge is 0.338 e. The number of allylic oxidation sites excluding steroid dienone is 1. The molecule has 1 aliphatic heterocycles. The number of rotatable bonds is 5. The third-order valence-electron chi connectivity index (χ3n) is 7.16. The Bertz CT molecular complexity index is 1990. The molecular weight excluding hydrogens is 510 g/mol. The Balaban J connectivity index is 1.68. The monoisotopic (exact) mass is 537 g/mol. The Morgan fingerprint density at radius 1 is 1.08 bits per heavy atom. The van der Waals surface area contributed by atoms with Gasteiger partial charge in [0, 0.05) is 27.7 Å². The molecule has 3 aromatic carbocycles. The molecule has 0 unspecified atom stereocenters. The second kappa shape index (κ2) is 9.71. The van der Waals surface area contributed by atoms with Crippen LogP contribution in [0.5, 0.6) is 5.75 Å². The average molecular weight is 538 g/mol. The minimum atomic E-state index is -0.771. The van der Waals surface area contributed by atoms with Crippen LogP contribution in [0.25, 0.3) is 27.8 Å². The van der Waals surface area contributed by atoms with Crippen LogP contribution >= 0.6 is 11.3 Å². The lowest BCUT2D eigenvalue weighted by Crippen LogP contribution is -2.40. The van der Waals surface area contributed by atoms with Gasteiger partial charge in [-0.15, -0.1) is 0 Å². The van der Waals surface area contributed by atoms with E-state index < -0.39 is 12.0 Å². The van der Waals surface area contributed by atoms with Crippen molar-refractivity contribution in [3.05, 3.63) is 108 Å². The van der Waals surface area contributed by atoms with Crippen LogP contribution in [0.15, 0.2) is 81.7 Å². The van der Waals surface area contributed by atoms with Gasteiger partial charge in [0.15, 0.2) is 4.80 Å². The number of carbonyl (C=O) groups is 1. The van der Waals surface area contributed by atoms with Gasteiger partial charge >= 0.3 is 5.97 Å². The summed E-state index contributed by atoms with van der Waals surface area (Å²) in [6, 6.07) is 19.0. The number of para-hydroxylation sites is 1. The fourth-order valence-electron chi connectivity index (χ4n) is 5.42. The van der Waals surface area contributed by atoms with Crippen molar-refractivity contribution in [2.24, 2.45) is 4.99 Å². The van der Waals surface area contributed by atoms with Crippen LogP contribution in [0.3, 0.4) is 0 Å². The number of aromatic amines is 1. The molecule has 5 aromatic rings. The molecule has 7 nitrogen and oxygen atoms in total. The van der Waals surface area contributed by atoms with Gasteiger partial charge in [0.25, 0.3) is 5.56 Å². The number of H-pyrrole nitrogens is 1. The van der Waals surface area contributed by atoms with Crippen LogP contribution in [0.4, 0.5) is 0 Å². The van der Waals surface area contributed by atoms with Crippen molar-refractivity contribution in [1.82, 2.24) is 9.55 Å². The Kier molecular flexibility index (Phi) is 6.19. The molecular formula is C31H27N3O4S. The van der Waals surface area contributed by atoms with E-state index in [1.54, 1.807) is 25.5 Å². The summed E-state index contributed by atoms with van der Waals surface area (Å²) in [5, 5.41) is 2.90. The van der Waals surface area contributed by atoms with Crippen LogP contribution in [-0.2, 0) is 9.53 Å². The Labute approximate surface area is 228 Å². The van der Waals surface area contributed by atoms with E-state index in [1.807, 2.05) is 73.7 Å². The number of ether oxygens (including phenoxy) is 2. The number of methoxy groups -OCH3 is 1. The number of fused-ring (bicyclic) bond motifs is 3. The zero-order chi connectivity index (χ0) is 27.3. The van der Waals surface area contributed by atoms with Crippen molar-refractivity contribution < 1.29 is 14.3 Å². The first kappa shape index (κ1) is 24.9. The molecule has 0 bridgehead atoms. The molecule has 0 saturated heterocycles. The van der Waals surface area contributed by atoms with E-state index in [-0.39, 0.29) is 12.2 Å². The lowest BCUT2D eigenvalue weighted by Gasteiger charge is -2.27.